The van der Waals surface area contributed by atoms with Gasteiger partial charge in [-0.3, -0.25) is 0 Å². The maximum absolute atomic E-state index is 6.07. The van der Waals surface area contributed by atoms with Gasteiger partial charge in [-0.1, -0.05) is 45.3 Å². The van der Waals surface area contributed by atoms with E-state index in [2.05, 4.69) is 27.4 Å². The summed E-state index contributed by atoms with van der Waals surface area (Å²) in [6.07, 6.45) is 9.15. The lowest BCUT2D eigenvalue weighted by Crippen LogP contribution is -2.32. The van der Waals surface area contributed by atoms with Gasteiger partial charge in [0.2, 0.25) is 0 Å². The molecule has 20 heavy (non-hydrogen) atoms. The maximum atomic E-state index is 6.07. The van der Waals surface area contributed by atoms with E-state index in [-0.39, 0.29) is 0 Å². The quantitative estimate of drug-likeness (QED) is 0.415. The summed E-state index contributed by atoms with van der Waals surface area (Å²) in [7, 11) is 0. The molecule has 0 N–H and O–H groups in total. The lowest BCUT2D eigenvalue weighted by atomic mass is 9.78. The first-order valence-corrected chi connectivity index (χ1v) is 8.49. The van der Waals surface area contributed by atoms with Crippen molar-refractivity contribution in [3.8, 4) is 0 Å². The molecule has 2 nitrogen and oxygen atoms in total. The number of ether oxygens (including phenoxy) is 2. The second-order valence-electron chi connectivity index (χ2n) is 6.45. The summed E-state index contributed by atoms with van der Waals surface area (Å²) in [5, 5.41) is 0. The van der Waals surface area contributed by atoms with E-state index < -0.39 is 0 Å². The van der Waals surface area contributed by atoms with Gasteiger partial charge in [-0.15, -0.1) is 0 Å². The molecule has 1 saturated carbocycles. The van der Waals surface area contributed by atoms with Crippen LogP contribution >= 0.6 is 0 Å². The Balaban J connectivity index is 2.10. The van der Waals surface area contributed by atoms with E-state index in [4.69, 9.17) is 9.47 Å². The standard InChI is InChI=1S/C18H34O2/c1-5-6-7-8-11-19-12-13-20-18-14-16(4)9-10-17(18)15(2)3/h16-18H,2,5-14H2,1,3-4H3. The van der Waals surface area contributed by atoms with E-state index >= 15 is 0 Å². The molecule has 1 fully saturated rings. The molecule has 118 valence electrons. The van der Waals surface area contributed by atoms with Crippen LogP contribution in [0.4, 0.5) is 0 Å². The van der Waals surface area contributed by atoms with Gasteiger partial charge in [0.15, 0.2) is 0 Å². The van der Waals surface area contributed by atoms with Crippen molar-refractivity contribution in [2.45, 2.75) is 71.8 Å². The van der Waals surface area contributed by atoms with Crippen LogP contribution in [0.25, 0.3) is 0 Å². The van der Waals surface area contributed by atoms with Crippen LogP contribution in [0.5, 0.6) is 0 Å². The first kappa shape index (κ1) is 17.7. The summed E-state index contributed by atoms with van der Waals surface area (Å²) >= 11 is 0. The van der Waals surface area contributed by atoms with Gasteiger partial charge in [-0.25, -0.2) is 0 Å². The Kier molecular flexibility index (Phi) is 9.21. The maximum Gasteiger partial charge on any atom is 0.0704 e. The molecule has 2 heteroatoms. The number of hydrogen-bond donors (Lipinski definition) is 0. The van der Waals surface area contributed by atoms with Crippen LogP contribution in [0.2, 0.25) is 0 Å². The molecule has 0 heterocycles. The zero-order valence-electron chi connectivity index (χ0n) is 13.8. The molecular weight excluding hydrogens is 248 g/mol. The molecular formula is C18H34O2. The Morgan fingerprint density at radius 3 is 2.60 bits per heavy atom. The Labute approximate surface area is 125 Å². The summed E-state index contributed by atoms with van der Waals surface area (Å²) in [6.45, 7) is 13.2. The largest absolute Gasteiger partial charge is 0.379 e. The lowest BCUT2D eigenvalue weighted by Gasteiger charge is -2.35. The molecule has 0 radical (unpaired) electrons. The average molecular weight is 282 g/mol. The molecule has 3 unspecified atom stereocenters. The molecule has 0 saturated heterocycles. The van der Waals surface area contributed by atoms with E-state index in [1.165, 1.54) is 50.5 Å². The van der Waals surface area contributed by atoms with Gasteiger partial charge < -0.3 is 9.47 Å². The first-order chi connectivity index (χ1) is 9.65. The van der Waals surface area contributed by atoms with Crippen molar-refractivity contribution in [2.24, 2.45) is 11.8 Å². The van der Waals surface area contributed by atoms with E-state index in [1.807, 2.05) is 0 Å². The van der Waals surface area contributed by atoms with Crippen LogP contribution in [-0.2, 0) is 9.47 Å². The van der Waals surface area contributed by atoms with Gasteiger partial charge in [0.05, 0.1) is 19.3 Å². The zero-order chi connectivity index (χ0) is 14.8. The molecule has 0 aliphatic heterocycles. The van der Waals surface area contributed by atoms with E-state index in [9.17, 15) is 0 Å². The van der Waals surface area contributed by atoms with Gasteiger partial charge in [0, 0.05) is 12.5 Å². The molecule has 0 aromatic carbocycles. The van der Waals surface area contributed by atoms with Crippen molar-refractivity contribution < 1.29 is 9.47 Å². The van der Waals surface area contributed by atoms with Crippen molar-refractivity contribution in [3.05, 3.63) is 12.2 Å². The number of unbranched alkanes of at least 4 members (excludes halogenated alkanes) is 3. The Morgan fingerprint density at radius 1 is 1.10 bits per heavy atom. The lowest BCUT2D eigenvalue weighted by molar-refractivity contribution is -0.0387. The third kappa shape index (κ3) is 6.90. The second kappa shape index (κ2) is 10.4. The van der Waals surface area contributed by atoms with Crippen molar-refractivity contribution >= 4 is 0 Å². The highest BCUT2D eigenvalue weighted by Gasteiger charge is 2.29. The molecule has 1 aliphatic rings. The molecule has 0 aromatic heterocycles. The summed E-state index contributed by atoms with van der Waals surface area (Å²) in [6, 6.07) is 0. The minimum Gasteiger partial charge on any atom is -0.379 e. The molecule has 0 aromatic rings. The smallest absolute Gasteiger partial charge is 0.0704 e. The Hall–Kier alpha value is -0.340. The molecule has 3 atom stereocenters. The van der Waals surface area contributed by atoms with E-state index in [0.29, 0.717) is 12.0 Å². The van der Waals surface area contributed by atoms with Crippen LogP contribution in [0.15, 0.2) is 12.2 Å². The summed E-state index contributed by atoms with van der Waals surface area (Å²) in [5.74, 6) is 1.33. The van der Waals surface area contributed by atoms with Crippen LogP contribution in [0.1, 0.15) is 65.7 Å². The van der Waals surface area contributed by atoms with E-state index in [1.54, 1.807) is 0 Å². The third-order valence-electron chi connectivity index (χ3n) is 4.39. The van der Waals surface area contributed by atoms with Crippen molar-refractivity contribution in [1.29, 1.82) is 0 Å². The molecule has 0 spiro atoms. The number of rotatable bonds is 10. The topological polar surface area (TPSA) is 18.5 Å². The molecule has 1 rings (SSSR count). The molecule has 0 bridgehead atoms. The van der Waals surface area contributed by atoms with Gasteiger partial charge in [-0.05, 0) is 38.5 Å². The Bertz CT molecular complexity index is 262. The molecule has 1 aliphatic carbocycles. The fraction of sp³-hybridized carbons (Fsp3) is 0.889. The predicted octanol–water partition coefficient (Wildman–Crippen LogP) is 4.98. The fourth-order valence-electron chi connectivity index (χ4n) is 3.07. The predicted molar refractivity (Wildman–Crippen MR) is 86.0 cm³/mol. The monoisotopic (exact) mass is 282 g/mol. The third-order valence-corrected chi connectivity index (χ3v) is 4.39. The fourth-order valence-corrected chi connectivity index (χ4v) is 3.07. The second-order valence-corrected chi connectivity index (χ2v) is 6.45. The van der Waals surface area contributed by atoms with Crippen LogP contribution in [0, 0.1) is 11.8 Å². The van der Waals surface area contributed by atoms with Gasteiger partial charge in [0.25, 0.3) is 0 Å². The van der Waals surface area contributed by atoms with Crippen LogP contribution in [-0.4, -0.2) is 25.9 Å². The van der Waals surface area contributed by atoms with Crippen molar-refractivity contribution in [2.75, 3.05) is 19.8 Å². The highest BCUT2D eigenvalue weighted by molar-refractivity contribution is 5.02. The normalized spacial score (nSPS) is 26.6. The minimum atomic E-state index is 0.361. The van der Waals surface area contributed by atoms with Crippen LogP contribution < -0.4 is 0 Å². The zero-order valence-corrected chi connectivity index (χ0v) is 13.8. The Morgan fingerprint density at radius 2 is 1.90 bits per heavy atom. The van der Waals surface area contributed by atoms with Crippen molar-refractivity contribution in [1.82, 2.24) is 0 Å². The highest BCUT2D eigenvalue weighted by atomic mass is 16.5. The van der Waals surface area contributed by atoms with Gasteiger partial charge >= 0.3 is 0 Å². The summed E-state index contributed by atoms with van der Waals surface area (Å²) in [5.41, 5.74) is 1.28. The first-order valence-electron chi connectivity index (χ1n) is 8.49. The van der Waals surface area contributed by atoms with Crippen LogP contribution in [0.3, 0.4) is 0 Å². The summed E-state index contributed by atoms with van der Waals surface area (Å²) in [4.78, 5) is 0. The summed E-state index contributed by atoms with van der Waals surface area (Å²) < 4.78 is 11.7. The van der Waals surface area contributed by atoms with E-state index in [0.717, 1.165) is 25.7 Å². The van der Waals surface area contributed by atoms with Crippen molar-refractivity contribution in [3.63, 3.8) is 0 Å². The highest BCUT2D eigenvalue weighted by Crippen LogP contribution is 2.34. The minimum absolute atomic E-state index is 0.361. The SMILES string of the molecule is C=C(C)C1CCC(C)CC1OCCOCCCCCC. The van der Waals surface area contributed by atoms with Gasteiger partial charge in [0.1, 0.15) is 0 Å². The molecule has 0 amide bonds. The average Bonchev–Trinajstić information content (AvgIpc) is 2.41. The number of hydrogen-bond acceptors (Lipinski definition) is 2. The van der Waals surface area contributed by atoms with Gasteiger partial charge in [-0.2, -0.15) is 0 Å².